The Morgan fingerprint density at radius 1 is 0.970 bits per heavy atom. The molecule has 1 heterocycles. The lowest BCUT2D eigenvalue weighted by molar-refractivity contribution is 0.0520. The van der Waals surface area contributed by atoms with Crippen LogP contribution in [-0.4, -0.2) is 11.7 Å². The Morgan fingerprint density at radius 3 is 2.24 bits per heavy atom. The van der Waals surface area contributed by atoms with Crippen LogP contribution in [0.5, 0.6) is 11.5 Å². The summed E-state index contributed by atoms with van der Waals surface area (Å²) in [5.74, 6) is 1.45. The molecule has 0 spiro atoms. The smallest absolute Gasteiger partial charge is 0.408 e. The molecule has 5 nitrogen and oxygen atoms in total. The molecule has 4 rings (SSSR count). The molecule has 1 N–H and O–H groups in total. The van der Waals surface area contributed by atoms with Crippen LogP contribution in [0.3, 0.4) is 0 Å². The number of benzene rings is 3. The van der Waals surface area contributed by atoms with Crippen LogP contribution in [0.15, 0.2) is 71.1 Å². The van der Waals surface area contributed by atoms with Gasteiger partial charge in [-0.15, -0.1) is 0 Å². The first-order valence-corrected chi connectivity index (χ1v) is 10.8. The highest BCUT2D eigenvalue weighted by Gasteiger charge is 2.17. The Labute approximate surface area is 196 Å². The van der Waals surface area contributed by atoms with Crippen LogP contribution in [0.2, 0.25) is 5.02 Å². The van der Waals surface area contributed by atoms with Gasteiger partial charge in [0.2, 0.25) is 0 Å². The fraction of sp³-hybridized carbons (Fsp3) is 0.192. The van der Waals surface area contributed by atoms with E-state index in [0.717, 1.165) is 16.5 Å². The third-order valence-corrected chi connectivity index (χ3v) is 4.95. The van der Waals surface area contributed by atoms with Crippen LogP contribution >= 0.6 is 11.6 Å². The topological polar surface area (TPSA) is 60.7 Å². The summed E-state index contributed by atoms with van der Waals surface area (Å²) < 4.78 is 29.9. The third kappa shape index (κ3) is 5.84. The summed E-state index contributed by atoms with van der Waals surface area (Å²) in [5, 5.41) is 3.97. The highest BCUT2D eigenvalue weighted by Crippen LogP contribution is 2.34. The maximum atomic E-state index is 13.1. The van der Waals surface area contributed by atoms with Gasteiger partial charge in [0, 0.05) is 5.39 Å². The lowest BCUT2D eigenvalue weighted by Crippen LogP contribution is -2.32. The molecule has 0 radical (unpaired) electrons. The predicted molar refractivity (Wildman–Crippen MR) is 126 cm³/mol. The molecule has 0 atom stereocenters. The van der Waals surface area contributed by atoms with E-state index in [0.29, 0.717) is 27.9 Å². The monoisotopic (exact) mass is 467 g/mol. The second-order valence-corrected chi connectivity index (χ2v) is 8.93. The molecule has 4 aromatic rings. The Balaban J connectivity index is 1.49. The summed E-state index contributed by atoms with van der Waals surface area (Å²) in [7, 11) is 0. The van der Waals surface area contributed by atoms with Gasteiger partial charge in [-0.2, -0.15) is 0 Å². The van der Waals surface area contributed by atoms with Crippen LogP contribution in [-0.2, 0) is 11.3 Å². The minimum Gasteiger partial charge on any atom is -0.458 e. The van der Waals surface area contributed by atoms with Gasteiger partial charge in [-0.25, -0.2) is 9.18 Å². The van der Waals surface area contributed by atoms with Crippen molar-refractivity contribution in [3.05, 3.63) is 83.3 Å². The number of carbonyl (C=O) groups is 1. The molecular formula is C26H23ClFNO4. The second-order valence-electron chi connectivity index (χ2n) is 8.52. The molecule has 170 valence electrons. The minimum atomic E-state index is -0.574. The molecule has 7 heteroatoms. The summed E-state index contributed by atoms with van der Waals surface area (Å²) in [6.45, 7) is 5.59. The zero-order valence-corrected chi connectivity index (χ0v) is 19.2. The average Bonchev–Trinajstić information content (AvgIpc) is 3.17. The molecule has 1 amide bonds. The summed E-state index contributed by atoms with van der Waals surface area (Å²) >= 11 is 6.47. The summed E-state index contributed by atoms with van der Waals surface area (Å²) in [5.41, 5.74) is 1.83. The number of nitrogens with one attached hydrogen (secondary N) is 1. The largest absolute Gasteiger partial charge is 0.458 e. The molecule has 0 fully saturated rings. The molecule has 0 saturated carbocycles. The van der Waals surface area contributed by atoms with E-state index < -0.39 is 11.7 Å². The van der Waals surface area contributed by atoms with Crippen LogP contribution in [0.4, 0.5) is 9.18 Å². The van der Waals surface area contributed by atoms with Crippen LogP contribution in [0.25, 0.3) is 22.1 Å². The third-order valence-electron chi connectivity index (χ3n) is 4.66. The van der Waals surface area contributed by atoms with Crippen molar-refractivity contribution in [1.29, 1.82) is 0 Å². The van der Waals surface area contributed by atoms with Crippen molar-refractivity contribution in [2.24, 2.45) is 0 Å². The van der Waals surface area contributed by atoms with E-state index in [9.17, 15) is 9.18 Å². The van der Waals surface area contributed by atoms with E-state index in [1.54, 1.807) is 32.9 Å². The zero-order valence-electron chi connectivity index (χ0n) is 18.4. The molecule has 0 saturated heterocycles. The highest BCUT2D eigenvalue weighted by atomic mass is 35.5. The highest BCUT2D eigenvalue weighted by molar-refractivity contribution is 6.35. The molecular weight excluding hydrogens is 445 g/mol. The molecule has 33 heavy (non-hydrogen) atoms. The molecule has 3 aromatic carbocycles. The van der Waals surface area contributed by atoms with Gasteiger partial charge in [0.25, 0.3) is 0 Å². The Bertz CT molecular complexity index is 1270. The van der Waals surface area contributed by atoms with Crippen LogP contribution < -0.4 is 10.1 Å². The first kappa shape index (κ1) is 22.7. The predicted octanol–water partition coefficient (Wildman–Crippen LogP) is 7.71. The first-order chi connectivity index (χ1) is 15.7. The number of alkyl carbamates (subject to hydrolysis) is 1. The van der Waals surface area contributed by atoms with Crippen molar-refractivity contribution < 1.29 is 23.1 Å². The van der Waals surface area contributed by atoms with Gasteiger partial charge >= 0.3 is 6.09 Å². The fourth-order valence-electron chi connectivity index (χ4n) is 3.24. The first-order valence-electron chi connectivity index (χ1n) is 10.4. The number of carbonyl (C=O) groups excluding carboxylic acids is 1. The van der Waals surface area contributed by atoms with Crippen LogP contribution in [0, 0.1) is 5.82 Å². The molecule has 0 aliphatic rings. The lowest BCUT2D eigenvalue weighted by Gasteiger charge is -2.19. The molecule has 1 aromatic heterocycles. The van der Waals surface area contributed by atoms with Crippen molar-refractivity contribution in [2.45, 2.75) is 32.9 Å². The van der Waals surface area contributed by atoms with Crippen molar-refractivity contribution >= 4 is 28.7 Å². The maximum Gasteiger partial charge on any atom is 0.408 e. The molecule has 0 bridgehead atoms. The summed E-state index contributed by atoms with van der Waals surface area (Å²) in [4.78, 5) is 11.9. The van der Waals surface area contributed by atoms with Gasteiger partial charge < -0.3 is 19.2 Å². The van der Waals surface area contributed by atoms with Gasteiger partial charge in [0.15, 0.2) is 5.58 Å². The van der Waals surface area contributed by atoms with Crippen LogP contribution in [0.1, 0.15) is 26.5 Å². The van der Waals surface area contributed by atoms with E-state index in [4.69, 9.17) is 25.5 Å². The van der Waals surface area contributed by atoms with E-state index in [1.807, 2.05) is 42.5 Å². The number of amides is 1. The van der Waals surface area contributed by atoms with Gasteiger partial charge in [0.05, 0.1) is 11.6 Å². The fourth-order valence-corrected chi connectivity index (χ4v) is 3.51. The number of hydrogen-bond acceptors (Lipinski definition) is 4. The molecule has 0 aliphatic heterocycles. The number of hydrogen-bond donors (Lipinski definition) is 1. The van der Waals surface area contributed by atoms with Crippen molar-refractivity contribution in [2.75, 3.05) is 0 Å². The maximum absolute atomic E-state index is 13.1. The zero-order chi connectivity index (χ0) is 23.6. The minimum absolute atomic E-state index is 0.185. The lowest BCUT2D eigenvalue weighted by atomic mass is 10.0. The number of fused-ring (bicyclic) bond motifs is 1. The van der Waals surface area contributed by atoms with E-state index in [1.165, 1.54) is 12.1 Å². The van der Waals surface area contributed by atoms with Gasteiger partial charge in [-0.3, -0.25) is 0 Å². The van der Waals surface area contributed by atoms with Crippen molar-refractivity contribution in [3.63, 3.8) is 0 Å². The van der Waals surface area contributed by atoms with Gasteiger partial charge in [-0.1, -0.05) is 23.7 Å². The van der Waals surface area contributed by atoms with Crippen molar-refractivity contribution in [3.8, 4) is 22.6 Å². The molecule has 0 aliphatic carbocycles. The SMILES string of the molecule is CC(C)(C)OC(=O)NCc1cc2cc(-c3ccc(Oc4ccc(F)cc4)cc3)cc(Cl)c2o1. The Morgan fingerprint density at radius 2 is 1.61 bits per heavy atom. The number of ether oxygens (including phenoxy) is 2. The number of rotatable bonds is 5. The van der Waals surface area contributed by atoms with E-state index >= 15 is 0 Å². The average molecular weight is 468 g/mol. The normalized spacial score (nSPS) is 11.4. The van der Waals surface area contributed by atoms with Gasteiger partial charge in [0.1, 0.15) is 28.7 Å². The quantitative estimate of drug-likeness (QED) is 0.326. The Hall–Kier alpha value is -3.51. The van der Waals surface area contributed by atoms with E-state index in [2.05, 4.69) is 5.32 Å². The standard InChI is InChI=1S/C26H23ClFNO4/c1-26(2,3)33-25(30)29-15-22-13-18-12-17(14-23(27)24(18)32-22)16-4-8-20(9-5-16)31-21-10-6-19(28)7-11-21/h4-14H,15H2,1-3H3,(H,29,30). The second kappa shape index (κ2) is 9.16. The summed E-state index contributed by atoms with van der Waals surface area (Å²) in [6, 6.07) is 19.0. The Kier molecular flexibility index (Phi) is 6.29. The van der Waals surface area contributed by atoms with Gasteiger partial charge in [-0.05, 0) is 86.5 Å². The summed E-state index contributed by atoms with van der Waals surface area (Å²) in [6.07, 6.45) is -0.516. The number of furan rings is 1. The van der Waals surface area contributed by atoms with E-state index in [-0.39, 0.29) is 12.4 Å². The van der Waals surface area contributed by atoms with Crippen molar-refractivity contribution in [1.82, 2.24) is 5.32 Å². The number of halogens is 2. The molecule has 0 unspecified atom stereocenters.